The van der Waals surface area contributed by atoms with Crippen molar-refractivity contribution in [1.82, 2.24) is 9.97 Å². The van der Waals surface area contributed by atoms with Crippen LogP contribution in [0.1, 0.15) is 5.76 Å². The maximum Gasteiger partial charge on any atom is 0.227 e. The average molecular weight is 436 g/mol. The maximum atomic E-state index is 12.3. The predicted octanol–water partition coefficient (Wildman–Crippen LogP) is 3.64. The highest BCUT2D eigenvalue weighted by Crippen LogP contribution is 2.39. The summed E-state index contributed by atoms with van der Waals surface area (Å²) in [6.45, 7) is 0.0225. The number of aromatic hydroxyl groups is 3. The van der Waals surface area contributed by atoms with Gasteiger partial charge in [0.2, 0.25) is 11.2 Å². The van der Waals surface area contributed by atoms with Gasteiger partial charge in [-0.3, -0.25) is 4.79 Å². The van der Waals surface area contributed by atoms with Crippen LogP contribution in [0.5, 0.6) is 23.0 Å². The van der Waals surface area contributed by atoms with Gasteiger partial charge < -0.3 is 34.2 Å². The number of imidazole rings is 1. The standard InChI is InChI=1S/C23H20N2O7/c1-30-11-15-10-18(28)21(29)22(32-15)20-19(12-3-6-14(31-2)7-4-12)24-23(25-20)16-9-13(26)5-8-17(16)27/h3-10,26-27,29H,11H2,1-2H3,(H,24,25). The van der Waals surface area contributed by atoms with Gasteiger partial charge in [0, 0.05) is 18.7 Å². The molecule has 0 bridgehead atoms. The summed E-state index contributed by atoms with van der Waals surface area (Å²) < 4.78 is 16.0. The molecule has 4 N–H and O–H groups in total. The van der Waals surface area contributed by atoms with Gasteiger partial charge in [0.15, 0.2) is 5.76 Å². The fraction of sp³-hybridized carbons (Fsp3) is 0.130. The third kappa shape index (κ3) is 3.88. The van der Waals surface area contributed by atoms with Gasteiger partial charge in [0.25, 0.3) is 0 Å². The number of ether oxygens (including phenoxy) is 2. The number of nitrogens with zero attached hydrogens (tertiary/aromatic N) is 1. The van der Waals surface area contributed by atoms with Gasteiger partial charge in [-0.25, -0.2) is 4.98 Å². The number of hydrogen-bond donors (Lipinski definition) is 4. The number of rotatable bonds is 6. The first-order valence-electron chi connectivity index (χ1n) is 9.53. The van der Waals surface area contributed by atoms with Gasteiger partial charge >= 0.3 is 0 Å². The van der Waals surface area contributed by atoms with Gasteiger partial charge in [-0.1, -0.05) is 0 Å². The second kappa shape index (κ2) is 8.48. The molecule has 0 spiro atoms. The number of hydrogen-bond acceptors (Lipinski definition) is 8. The molecule has 0 saturated heterocycles. The lowest BCUT2D eigenvalue weighted by Gasteiger charge is -2.07. The Labute approximate surface area is 182 Å². The topological polar surface area (TPSA) is 138 Å². The molecule has 0 amide bonds. The van der Waals surface area contributed by atoms with Crippen LogP contribution in [0.4, 0.5) is 0 Å². The first kappa shape index (κ1) is 21.0. The quantitative estimate of drug-likeness (QED) is 0.336. The largest absolute Gasteiger partial charge is 0.508 e. The fourth-order valence-corrected chi connectivity index (χ4v) is 3.25. The molecule has 9 nitrogen and oxygen atoms in total. The minimum absolute atomic E-state index is 0.0225. The molecule has 0 aliphatic heterocycles. The van der Waals surface area contributed by atoms with E-state index in [4.69, 9.17) is 13.9 Å². The SMILES string of the molecule is COCc1cc(=O)c(O)c(-c2[nH]c(-c3cc(O)ccc3O)nc2-c2ccc(OC)cc2)o1. The second-order valence-corrected chi connectivity index (χ2v) is 6.93. The fourth-order valence-electron chi connectivity index (χ4n) is 3.25. The van der Waals surface area contributed by atoms with Crippen molar-refractivity contribution >= 4 is 0 Å². The highest BCUT2D eigenvalue weighted by atomic mass is 16.5. The van der Waals surface area contributed by atoms with Gasteiger partial charge in [-0.05, 0) is 42.5 Å². The zero-order valence-corrected chi connectivity index (χ0v) is 17.2. The lowest BCUT2D eigenvalue weighted by Crippen LogP contribution is -2.04. The van der Waals surface area contributed by atoms with Crippen molar-refractivity contribution < 1.29 is 29.2 Å². The van der Waals surface area contributed by atoms with Crippen LogP contribution in [0.25, 0.3) is 34.1 Å². The van der Waals surface area contributed by atoms with Crippen molar-refractivity contribution in [1.29, 1.82) is 0 Å². The van der Waals surface area contributed by atoms with Crippen LogP contribution in [0.15, 0.2) is 57.7 Å². The number of phenolic OH excluding ortho intramolecular Hbond substituents is 2. The van der Waals surface area contributed by atoms with Crippen LogP contribution >= 0.6 is 0 Å². The molecule has 32 heavy (non-hydrogen) atoms. The van der Waals surface area contributed by atoms with Crippen molar-refractivity contribution in [3.8, 4) is 57.1 Å². The van der Waals surface area contributed by atoms with E-state index in [0.717, 1.165) is 6.07 Å². The molecular weight excluding hydrogens is 416 g/mol. The maximum absolute atomic E-state index is 12.3. The molecule has 0 radical (unpaired) electrons. The number of methoxy groups -OCH3 is 2. The molecule has 0 aliphatic carbocycles. The summed E-state index contributed by atoms with van der Waals surface area (Å²) in [6.07, 6.45) is 0. The van der Waals surface area contributed by atoms with Gasteiger partial charge in [0.05, 0.1) is 12.7 Å². The Kier molecular flexibility index (Phi) is 5.57. The van der Waals surface area contributed by atoms with E-state index in [-0.39, 0.29) is 46.7 Å². The number of aromatic nitrogens is 2. The minimum Gasteiger partial charge on any atom is -0.508 e. The molecule has 2 aromatic heterocycles. The van der Waals surface area contributed by atoms with Crippen LogP contribution in [0, 0.1) is 0 Å². The summed E-state index contributed by atoms with van der Waals surface area (Å²) in [7, 11) is 3.00. The van der Waals surface area contributed by atoms with E-state index in [1.807, 2.05) is 0 Å². The molecule has 9 heteroatoms. The third-order valence-electron chi connectivity index (χ3n) is 4.79. The van der Waals surface area contributed by atoms with E-state index in [1.165, 1.54) is 25.3 Å². The van der Waals surface area contributed by atoms with E-state index in [2.05, 4.69) is 9.97 Å². The van der Waals surface area contributed by atoms with Crippen molar-refractivity contribution in [2.45, 2.75) is 6.61 Å². The molecule has 0 aliphatic rings. The molecule has 0 unspecified atom stereocenters. The van der Waals surface area contributed by atoms with Gasteiger partial charge in [0.1, 0.15) is 46.8 Å². The number of phenols is 2. The third-order valence-corrected chi connectivity index (χ3v) is 4.79. The summed E-state index contributed by atoms with van der Waals surface area (Å²) in [5.41, 5.74) is 0.761. The lowest BCUT2D eigenvalue weighted by atomic mass is 10.1. The summed E-state index contributed by atoms with van der Waals surface area (Å²) >= 11 is 0. The summed E-state index contributed by atoms with van der Waals surface area (Å²) in [4.78, 5) is 19.9. The Bertz CT molecular complexity index is 1320. The van der Waals surface area contributed by atoms with Crippen molar-refractivity contribution in [3.63, 3.8) is 0 Å². The van der Waals surface area contributed by atoms with Crippen molar-refractivity contribution in [2.24, 2.45) is 0 Å². The number of benzene rings is 2. The van der Waals surface area contributed by atoms with Crippen LogP contribution < -0.4 is 10.2 Å². The minimum atomic E-state index is -0.643. The van der Waals surface area contributed by atoms with Gasteiger partial charge in [-0.15, -0.1) is 0 Å². The highest BCUT2D eigenvalue weighted by molar-refractivity contribution is 5.82. The number of H-pyrrole nitrogens is 1. The van der Waals surface area contributed by atoms with E-state index >= 15 is 0 Å². The Hall–Kier alpha value is -4.24. The molecule has 0 saturated carbocycles. The zero-order chi connectivity index (χ0) is 22.8. The lowest BCUT2D eigenvalue weighted by molar-refractivity contribution is 0.162. The summed E-state index contributed by atoms with van der Waals surface area (Å²) in [5, 5.41) is 30.6. The van der Waals surface area contributed by atoms with Crippen LogP contribution in [-0.2, 0) is 11.3 Å². The first-order valence-corrected chi connectivity index (χ1v) is 9.53. The first-order chi connectivity index (χ1) is 15.4. The number of aromatic amines is 1. The van der Waals surface area contributed by atoms with E-state index in [1.54, 1.807) is 31.4 Å². The summed E-state index contributed by atoms with van der Waals surface area (Å²) in [5.74, 6) is 0.110. The van der Waals surface area contributed by atoms with E-state index in [0.29, 0.717) is 17.0 Å². The number of nitrogens with one attached hydrogen (secondary N) is 1. The van der Waals surface area contributed by atoms with Crippen LogP contribution in [-0.4, -0.2) is 39.5 Å². The van der Waals surface area contributed by atoms with E-state index < -0.39 is 11.2 Å². The molecular formula is C23H20N2O7. The summed E-state index contributed by atoms with van der Waals surface area (Å²) in [6, 6.07) is 12.1. The van der Waals surface area contributed by atoms with Crippen molar-refractivity contribution in [3.05, 3.63) is 64.5 Å². The highest BCUT2D eigenvalue weighted by Gasteiger charge is 2.23. The van der Waals surface area contributed by atoms with E-state index in [9.17, 15) is 20.1 Å². The van der Waals surface area contributed by atoms with Crippen LogP contribution in [0.3, 0.4) is 0 Å². The zero-order valence-electron chi connectivity index (χ0n) is 17.2. The molecule has 0 atom stereocenters. The Morgan fingerprint density at radius 1 is 1.03 bits per heavy atom. The molecule has 2 heterocycles. The van der Waals surface area contributed by atoms with Crippen LogP contribution in [0.2, 0.25) is 0 Å². The normalized spacial score (nSPS) is 10.9. The molecule has 0 fully saturated rings. The molecule has 2 aromatic carbocycles. The monoisotopic (exact) mass is 436 g/mol. The Morgan fingerprint density at radius 3 is 2.47 bits per heavy atom. The van der Waals surface area contributed by atoms with Crippen molar-refractivity contribution in [2.75, 3.05) is 14.2 Å². The average Bonchev–Trinajstić information content (AvgIpc) is 3.23. The molecule has 4 aromatic rings. The second-order valence-electron chi connectivity index (χ2n) is 6.93. The Balaban J connectivity index is 1.97. The predicted molar refractivity (Wildman–Crippen MR) is 116 cm³/mol. The molecule has 4 rings (SSSR count). The smallest absolute Gasteiger partial charge is 0.227 e. The Morgan fingerprint density at radius 2 is 1.78 bits per heavy atom. The molecule has 164 valence electrons. The van der Waals surface area contributed by atoms with Gasteiger partial charge in [-0.2, -0.15) is 0 Å².